The molecule has 1 atom stereocenters. The fourth-order valence-electron chi connectivity index (χ4n) is 3.01. The van der Waals surface area contributed by atoms with E-state index in [-0.39, 0.29) is 35.6 Å². The topological polar surface area (TPSA) is 110 Å². The lowest BCUT2D eigenvalue weighted by molar-refractivity contribution is -0.138. The van der Waals surface area contributed by atoms with Crippen LogP contribution in [0.3, 0.4) is 0 Å². The van der Waals surface area contributed by atoms with E-state index in [2.05, 4.69) is 21.9 Å². The van der Waals surface area contributed by atoms with E-state index in [9.17, 15) is 13.2 Å². The molecule has 0 bridgehead atoms. The third-order valence-electron chi connectivity index (χ3n) is 4.28. The summed E-state index contributed by atoms with van der Waals surface area (Å²) in [5, 5.41) is 15.6. The minimum Gasteiger partial charge on any atom is -0.489 e. The van der Waals surface area contributed by atoms with E-state index in [0.29, 0.717) is 13.0 Å². The third-order valence-corrected chi connectivity index (χ3v) is 4.28. The number of hydrogen-bond donors (Lipinski definition) is 2. The SMILES string of the molecule is C=CCOc1ccc(-c2noc([C@@H]3CCCN3/C(N)=N/O)n2)cc1C(F)(F)F. The molecule has 0 spiro atoms. The van der Waals surface area contributed by atoms with Crippen molar-refractivity contribution in [2.75, 3.05) is 13.2 Å². The van der Waals surface area contributed by atoms with Crippen LogP contribution < -0.4 is 10.5 Å². The molecule has 0 aliphatic carbocycles. The number of hydrogen-bond acceptors (Lipinski definition) is 6. The monoisotopic (exact) mass is 397 g/mol. The molecule has 1 aromatic carbocycles. The number of likely N-dealkylation sites (tertiary alicyclic amines) is 1. The van der Waals surface area contributed by atoms with Crippen molar-refractivity contribution >= 4 is 5.96 Å². The summed E-state index contributed by atoms with van der Waals surface area (Å²) in [6.45, 7) is 3.90. The normalized spacial score (nSPS) is 17.8. The maximum Gasteiger partial charge on any atom is 0.419 e. The molecule has 0 amide bonds. The second-order valence-corrected chi connectivity index (χ2v) is 6.07. The molecule has 11 heteroatoms. The Kier molecular flexibility index (Phi) is 5.43. The van der Waals surface area contributed by atoms with Gasteiger partial charge in [0.25, 0.3) is 0 Å². The van der Waals surface area contributed by atoms with Gasteiger partial charge in [0.2, 0.25) is 17.7 Å². The molecule has 2 heterocycles. The number of nitrogens with two attached hydrogens (primary N) is 1. The fraction of sp³-hybridized carbons (Fsp3) is 0.353. The molecule has 3 rings (SSSR count). The lowest BCUT2D eigenvalue weighted by Crippen LogP contribution is -2.36. The molecule has 1 aliphatic rings. The van der Waals surface area contributed by atoms with E-state index in [0.717, 1.165) is 12.5 Å². The molecular weight excluding hydrogens is 379 g/mol. The van der Waals surface area contributed by atoms with Crippen molar-refractivity contribution in [1.29, 1.82) is 0 Å². The summed E-state index contributed by atoms with van der Waals surface area (Å²) in [6, 6.07) is 3.12. The van der Waals surface area contributed by atoms with Crippen molar-refractivity contribution in [3.63, 3.8) is 0 Å². The Hall–Kier alpha value is -3.24. The number of guanidine groups is 1. The number of halogens is 3. The summed E-state index contributed by atoms with van der Waals surface area (Å²) < 4.78 is 50.4. The first kappa shape index (κ1) is 19.5. The van der Waals surface area contributed by atoms with E-state index in [1.165, 1.54) is 18.2 Å². The second-order valence-electron chi connectivity index (χ2n) is 6.07. The van der Waals surface area contributed by atoms with Crippen molar-refractivity contribution in [1.82, 2.24) is 15.0 Å². The molecule has 1 aliphatic heterocycles. The number of nitrogens with zero attached hydrogens (tertiary/aromatic N) is 4. The van der Waals surface area contributed by atoms with E-state index in [1.807, 2.05) is 0 Å². The second kappa shape index (κ2) is 7.79. The highest BCUT2D eigenvalue weighted by Gasteiger charge is 2.36. The highest BCUT2D eigenvalue weighted by atomic mass is 19.4. The average molecular weight is 397 g/mol. The maximum atomic E-state index is 13.4. The fourth-order valence-corrected chi connectivity index (χ4v) is 3.01. The largest absolute Gasteiger partial charge is 0.489 e. The molecule has 1 fully saturated rings. The van der Waals surface area contributed by atoms with E-state index >= 15 is 0 Å². The van der Waals surface area contributed by atoms with Gasteiger partial charge in [-0.3, -0.25) is 0 Å². The van der Waals surface area contributed by atoms with Gasteiger partial charge in [-0.15, -0.1) is 0 Å². The van der Waals surface area contributed by atoms with Gasteiger partial charge in [-0.05, 0) is 31.0 Å². The van der Waals surface area contributed by atoms with Crippen LogP contribution in [0.25, 0.3) is 11.4 Å². The molecule has 1 aromatic heterocycles. The molecule has 8 nitrogen and oxygen atoms in total. The number of benzene rings is 1. The minimum absolute atomic E-state index is 0.00197. The summed E-state index contributed by atoms with van der Waals surface area (Å²) in [7, 11) is 0. The molecule has 2 aromatic rings. The first-order valence-electron chi connectivity index (χ1n) is 8.38. The molecule has 1 saturated heterocycles. The predicted molar refractivity (Wildman–Crippen MR) is 92.5 cm³/mol. The Bertz CT molecular complexity index is 881. The molecule has 0 radical (unpaired) electrons. The van der Waals surface area contributed by atoms with Crippen molar-refractivity contribution in [3.8, 4) is 17.1 Å². The van der Waals surface area contributed by atoms with Crippen LogP contribution >= 0.6 is 0 Å². The molecule has 28 heavy (non-hydrogen) atoms. The van der Waals surface area contributed by atoms with E-state index in [1.54, 1.807) is 4.90 Å². The molecule has 150 valence electrons. The minimum atomic E-state index is -4.62. The molecule has 0 unspecified atom stereocenters. The summed E-state index contributed by atoms with van der Waals surface area (Å²) in [6.07, 6.45) is -1.88. The van der Waals surface area contributed by atoms with Crippen LogP contribution in [-0.4, -0.2) is 39.4 Å². The van der Waals surface area contributed by atoms with Crippen LogP contribution in [-0.2, 0) is 6.18 Å². The van der Waals surface area contributed by atoms with Gasteiger partial charge in [0.15, 0.2) is 0 Å². The smallest absolute Gasteiger partial charge is 0.419 e. The first-order valence-corrected chi connectivity index (χ1v) is 8.38. The van der Waals surface area contributed by atoms with Crippen molar-refractivity contribution in [3.05, 3.63) is 42.3 Å². The highest BCUT2D eigenvalue weighted by Crippen LogP contribution is 2.39. The summed E-state index contributed by atoms with van der Waals surface area (Å²) in [5.41, 5.74) is 4.82. The van der Waals surface area contributed by atoms with Gasteiger partial charge in [-0.1, -0.05) is 23.0 Å². The number of alkyl halides is 3. The van der Waals surface area contributed by atoms with Crippen LogP contribution in [0.5, 0.6) is 5.75 Å². The van der Waals surface area contributed by atoms with Crippen LogP contribution in [0, 0.1) is 0 Å². The molecule has 0 saturated carbocycles. The standard InChI is InChI=1S/C17H18F3N5O3/c1-2-8-27-13-6-5-10(9-11(13)17(18,19)20)14-22-15(28-24-14)12-4-3-7-25(12)16(21)23-26/h2,5-6,9,12,26H,1,3-4,7-8H2,(H2,21,23)/t12-/m0/s1. The number of oxime groups is 1. The van der Waals surface area contributed by atoms with Gasteiger partial charge in [-0.25, -0.2) is 0 Å². The van der Waals surface area contributed by atoms with Crippen molar-refractivity contribution in [2.24, 2.45) is 10.9 Å². The van der Waals surface area contributed by atoms with E-state index < -0.39 is 17.8 Å². The van der Waals surface area contributed by atoms with Crippen LogP contribution in [0.4, 0.5) is 13.2 Å². The predicted octanol–water partition coefficient (Wildman–Crippen LogP) is 3.16. The molecular formula is C17H18F3N5O3. The first-order chi connectivity index (χ1) is 13.3. The quantitative estimate of drug-likeness (QED) is 0.262. The third kappa shape index (κ3) is 3.87. The van der Waals surface area contributed by atoms with E-state index in [4.69, 9.17) is 20.2 Å². The van der Waals surface area contributed by atoms with Crippen molar-refractivity contribution in [2.45, 2.75) is 25.1 Å². The Morgan fingerprint density at radius 1 is 1.50 bits per heavy atom. The van der Waals surface area contributed by atoms with Gasteiger partial charge in [0, 0.05) is 12.1 Å². The summed E-state index contributed by atoms with van der Waals surface area (Å²) >= 11 is 0. The van der Waals surface area contributed by atoms with Gasteiger partial charge >= 0.3 is 6.18 Å². The average Bonchev–Trinajstić information content (AvgIpc) is 3.34. The highest BCUT2D eigenvalue weighted by molar-refractivity contribution is 5.78. The van der Waals surface area contributed by atoms with Crippen LogP contribution in [0.2, 0.25) is 0 Å². The Labute approximate surface area is 158 Å². The maximum absolute atomic E-state index is 13.4. The summed E-state index contributed by atoms with van der Waals surface area (Å²) in [4.78, 5) is 5.80. The van der Waals surface area contributed by atoms with Gasteiger partial charge in [-0.2, -0.15) is 18.2 Å². The Balaban J connectivity index is 1.92. The Morgan fingerprint density at radius 3 is 2.96 bits per heavy atom. The van der Waals surface area contributed by atoms with Crippen molar-refractivity contribution < 1.29 is 27.6 Å². The van der Waals surface area contributed by atoms with Crippen LogP contribution in [0.15, 0.2) is 40.5 Å². The van der Waals surface area contributed by atoms with Crippen LogP contribution in [0.1, 0.15) is 30.3 Å². The summed E-state index contributed by atoms with van der Waals surface area (Å²) in [5.74, 6) is -0.221. The zero-order valence-corrected chi connectivity index (χ0v) is 14.7. The number of rotatable bonds is 5. The molecule has 3 N–H and O–H groups in total. The van der Waals surface area contributed by atoms with Gasteiger partial charge in [0.1, 0.15) is 18.4 Å². The lowest BCUT2D eigenvalue weighted by Gasteiger charge is -2.21. The number of ether oxygens (including phenoxy) is 1. The lowest BCUT2D eigenvalue weighted by atomic mass is 10.1. The van der Waals surface area contributed by atoms with Gasteiger partial charge in [0.05, 0.1) is 5.56 Å². The van der Waals surface area contributed by atoms with Gasteiger partial charge < -0.3 is 25.1 Å². The Morgan fingerprint density at radius 2 is 2.29 bits per heavy atom. The number of aromatic nitrogens is 2. The zero-order chi connectivity index (χ0) is 20.3. The zero-order valence-electron chi connectivity index (χ0n) is 14.7.